The molecule has 0 radical (unpaired) electrons. The maximum absolute atomic E-state index is 6.04. The van der Waals surface area contributed by atoms with E-state index in [0.29, 0.717) is 0 Å². The second kappa shape index (κ2) is 4.50. The number of hydrogen-bond donors (Lipinski definition) is 0. The summed E-state index contributed by atoms with van der Waals surface area (Å²) in [5.74, 6) is -0.445. The normalized spacial score (nSPS) is 29.6. The van der Waals surface area contributed by atoms with Gasteiger partial charge in [-0.25, -0.2) is 0 Å². The van der Waals surface area contributed by atoms with Crippen molar-refractivity contribution in [2.45, 2.75) is 31.8 Å². The summed E-state index contributed by atoms with van der Waals surface area (Å²) < 4.78 is 13.9. The van der Waals surface area contributed by atoms with Crippen molar-refractivity contribution >= 4 is 0 Å². The van der Waals surface area contributed by atoms with Gasteiger partial charge in [0.2, 0.25) is 0 Å². The van der Waals surface area contributed by atoms with Crippen molar-refractivity contribution in [1.82, 2.24) is 0 Å². The quantitative estimate of drug-likeness (QED) is 0.687. The van der Waals surface area contributed by atoms with Gasteiger partial charge in [-0.1, -0.05) is 0 Å². The third-order valence-electron chi connectivity index (χ3n) is 2.74. The Morgan fingerprint density at radius 1 is 0.765 bits per heavy atom. The largest absolute Gasteiger partial charge is 0.338 e. The molecular weight excluding hydrogens is 216 g/mol. The summed E-state index contributed by atoms with van der Waals surface area (Å²) in [6.07, 6.45) is 0.365. The third-order valence-corrected chi connectivity index (χ3v) is 2.74. The summed E-state index contributed by atoms with van der Waals surface area (Å²) >= 11 is 0. The van der Waals surface area contributed by atoms with Gasteiger partial charge in [-0.15, -0.1) is 0 Å². The summed E-state index contributed by atoms with van der Waals surface area (Å²) in [6, 6.07) is 0. The van der Waals surface area contributed by atoms with Crippen molar-refractivity contribution in [3.05, 3.63) is 0 Å². The molecule has 0 amide bonds. The predicted octanol–water partition coefficient (Wildman–Crippen LogP) is 0.919. The Balaban J connectivity index is 2.72. The first kappa shape index (κ1) is 14.9. The molecule has 1 heterocycles. The first-order chi connectivity index (χ1) is 7.38. The van der Waals surface area contributed by atoms with Crippen LogP contribution in [0.5, 0.6) is 0 Å². The van der Waals surface area contributed by atoms with Crippen LogP contribution in [0.1, 0.15) is 13.8 Å². The molecule has 1 saturated heterocycles. The van der Waals surface area contributed by atoms with Crippen LogP contribution in [-0.2, 0) is 9.47 Å². The highest BCUT2D eigenvalue weighted by Crippen LogP contribution is 2.30. The fourth-order valence-electron chi connectivity index (χ4n) is 2.30. The Labute approximate surface area is 106 Å². The van der Waals surface area contributed by atoms with Crippen molar-refractivity contribution in [2.75, 3.05) is 55.4 Å². The number of rotatable bonds is 4. The van der Waals surface area contributed by atoms with E-state index in [2.05, 4.69) is 42.3 Å². The molecule has 102 valence electrons. The molecule has 1 fully saturated rings. The summed E-state index contributed by atoms with van der Waals surface area (Å²) in [7, 11) is 13.2. The number of ether oxygens (including phenoxy) is 2. The average molecular weight is 246 g/mol. The van der Waals surface area contributed by atoms with E-state index in [1.54, 1.807) is 0 Å². The zero-order chi connectivity index (χ0) is 13.5. The van der Waals surface area contributed by atoms with Gasteiger partial charge < -0.3 is 18.4 Å². The maximum Gasteiger partial charge on any atom is 0.164 e. The van der Waals surface area contributed by atoms with Crippen molar-refractivity contribution < 1.29 is 18.4 Å². The molecule has 0 unspecified atom stereocenters. The van der Waals surface area contributed by atoms with Gasteiger partial charge in [0.05, 0.1) is 42.3 Å². The minimum atomic E-state index is -0.445. The first-order valence-corrected chi connectivity index (χ1v) is 6.35. The van der Waals surface area contributed by atoms with E-state index in [1.807, 2.05) is 13.8 Å². The average Bonchev–Trinajstić information content (AvgIpc) is 2.17. The highest BCUT2D eigenvalue weighted by atomic mass is 16.8. The van der Waals surface area contributed by atoms with Crippen LogP contribution in [0.4, 0.5) is 0 Å². The van der Waals surface area contributed by atoms with Gasteiger partial charge in [0, 0.05) is 0 Å². The van der Waals surface area contributed by atoms with Gasteiger partial charge in [0.1, 0.15) is 25.3 Å². The van der Waals surface area contributed by atoms with Crippen LogP contribution in [0.3, 0.4) is 0 Å². The smallest absolute Gasteiger partial charge is 0.164 e. The first-order valence-electron chi connectivity index (χ1n) is 6.35. The van der Waals surface area contributed by atoms with Crippen LogP contribution >= 0.6 is 0 Å². The van der Waals surface area contributed by atoms with E-state index >= 15 is 0 Å². The third kappa shape index (κ3) is 5.34. The molecule has 0 aromatic heterocycles. The number of likely N-dealkylation sites (N-methyl/N-ethyl adjacent to an activating group) is 2. The van der Waals surface area contributed by atoms with Gasteiger partial charge >= 0.3 is 0 Å². The van der Waals surface area contributed by atoms with E-state index < -0.39 is 5.79 Å². The molecule has 4 heteroatoms. The van der Waals surface area contributed by atoms with E-state index in [0.717, 1.165) is 22.1 Å². The van der Waals surface area contributed by atoms with Crippen LogP contribution < -0.4 is 0 Å². The molecule has 0 saturated carbocycles. The molecule has 17 heavy (non-hydrogen) atoms. The molecule has 2 atom stereocenters. The zero-order valence-electron chi connectivity index (χ0n) is 12.8. The van der Waals surface area contributed by atoms with E-state index in [9.17, 15) is 0 Å². The lowest BCUT2D eigenvalue weighted by Crippen LogP contribution is -2.50. The molecule has 0 aromatic carbocycles. The molecule has 4 nitrogen and oxygen atoms in total. The zero-order valence-corrected chi connectivity index (χ0v) is 12.8. The maximum atomic E-state index is 6.04. The summed E-state index contributed by atoms with van der Waals surface area (Å²) in [5.41, 5.74) is 0. The van der Waals surface area contributed by atoms with Crippen LogP contribution in [0.15, 0.2) is 0 Å². The fourth-order valence-corrected chi connectivity index (χ4v) is 2.30. The Morgan fingerprint density at radius 3 is 1.29 bits per heavy atom. The molecule has 0 spiro atoms. The standard InChI is InChI=1S/C13H30N2O2/c1-13(2)16-11(9-14(3,4)5)12(17-13)10-15(6,7)8/h11-12H,9-10H2,1-8H3/q+2/t11-,12+. The molecule has 1 aliphatic rings. The van der Waals surface area contributed by atoms with Crippen molar-refractivity contribution in [1.29, 1.82) is 0 Å². The Hall–Kier alpha value is -0.160. The van der Waals surface area contributed by atoms with Gasteiger partial charge in [0.25, 0.3) is 0 Å². The van der Waals surface area contributed by atoms with Gasteiger partial charge in [-0.05, 0) is 13.8 Å². The molecular formula is C13H30N2O2+2. The summed E-state index contributed by atoms with van der Waals surface area (Å²) in [5, 5.41) is 0. The topological polar surface area (TPSA) is 18.5 Å². The van der Waals surface area contributed by atoms with Crippen molar-refractivity contribution in [3.8, 4) is 0 Å². The van der Waals surface area contributed by atoms with Crippen LogP contribution in [0, 0.1) is 0 Å². The highest BCUT2D eigenvalue weighted by Gasteiger charge is 2.45. The van der Waals surface area contributed by atoms with Crippen LogP contribution in [-0.4, -0.2) is 82.3 Å². The summed E-state index contributed by atoms with van der Waals surface area (Å²) in [4.78, 5) is 0. The van der Waals surface area contributed by atoms with Gasteiger partial charge in [-0.2, -0.15) is 0 Å². The van der Waals surface area contributed by atoms with E-state index in [1.165, 1.54) is 0 Å². The van der Waals surface area contributed by atoms with Crippen LogP contribution in [0.2, 0.25) is 0 Å². The number of nitrogens with zero attached hydrogens (tertiary/aromatic N) is 2. The second-order valence-electron chi connectivity index (χ2n) is 7.66. The Kier molecular flexibility index (Phi) is 3.94. The summed E-state index contributed by atoms with van der Waals surface area (Å²) in [6.45, 7) is 5.97. The molecule has 0 bridgehead atoms. The van der Waals surface area contributed by atoms with E-state index in [-0.39, 0.29) is 12.2 Å². The second-order valence-corrected chi connectivity index (χ2v) is 7.66. The predicted molar refractivity (Wildman–Crippen MR) is 69.6 cm³/mol. The van der Waals surface area contributed by atoms with Gasteiger partial charge in [-0.3, -0.25) is 0 Å². The fraction of sp³-hybridized carbons (Fsp3) is 1.00. The highest BCUT2D eigenvalue weighted by molar-refractivity contribution is 4.81. The Morgan fingerprint density at radius 2 is 1.06 bits per heavy atom. The van der Waals surface area contributed by atoms with E-state index in [4.69, 9.17) is 9.47 Å². The SMILES string of the molecule is CC1(C)O[C@@H](C[N+](C)(C)C)[C@@H](C[N+](C)(C)C)O1. The lowest BCUT2D eigenvalue weighted by Gasteiger charge is -2.31. The number of quaternary nitrogens is 2. The molecule has 0 aromatic rings. The molecule has 1 rings (SSSR count). The molecule has 0 aliphatic carbocycles. The monoisotopic (exact) mass is 246 g/mol. The van der Waals surface area contributed by atoms with Crippen LogP contribution in [0.25, 0.3) is 0 Å². The lowest BCUT2D eigenvalue weighted by atomic mass is 10.1. The minimum Gasteiger partial charge on any atom is -0.338 e. The molecule has 0 N–H and O–H groups in total. The minimum absolute atomic E-state index is 0.183. The lowest BCUT2D eigenvalue weighted by molar-refractivity contribution is -0.881. The van der Waals surface area contributed by atoms with Gasteiger partial charge in [0.15, 0.2) is 5.79 Å². The molecule has 1 aliphatic heterocycles. The Bertz CT molecular complexity index is 238. The van der Waals surface area contributed by atoms with Crippen molar-refractivity contribution in [2.24, 2.45) is 0 Å². The number of hydrogen-bond acceptors (Lipinski definition) is 2. The van der Waals surface area contributed by atoms with Crippen molar-refractivity contribution in [3.63, 3.8) is 0 Å².